The normalized spacial score (nSPS) is 12.7. The van der Waals surface area contributed by atoms with E-state index in [2.05, 4.69) is 28.3 Å². The molecule has 0 radical (unpaired) electrons. The van der Waals surface area contributed by atoms with Crippen LogP contribution in [0.5, 0.6) is 0 Å². The molecule has 0 aliphatic carbocycles. The summed E-state index contributed by atoms with van der Waals surface area (Å²) in [5, 5.41) is 14.6. The lowest BCUT2D eigenvalue weighted by molar-refractivity contribution is -0.124. The molecule has 2 atom stereocenters. The van der Waals surface area contributed by atoms with Crippen LogP contribution in [0.3, 0.4) is 0 Å². The van der Waals surface area contributed by atoms with Crippen LogP contribution in [0.2, 0.25) is 0 Å². The van der Waals surface area contributed by atoms with Gasteiger partial charge in [-0.3, -0.25) is 19.5 Å². The maximum Gasteiger partial charge on any atom is 0.229 e. The van der Waals surface area contributed by atoms with Gasteiger partial charge in [0, 0.05) is 32.0 Å². The molecule has 208 valence electrons. The van der Waals surface area contributed by atoms with E-state index in [1.54, 1.807) is 13.8 Å². The Hall–Kier alpha value is -3.76. The maximum atomic E-state index is 14.1. The highest BCUT2D eigenvalue weighted by Gasteiger charge is 2.33. The number of primary amides is 1. The predicted octanol–water partition coefficient (Wildman–Crippen LogP) is 3.29. The SMILES string of the molecule is CCc1cccc(CNC[C@@H](O)[C@H](Cc2cc(F)cc(F)c2)N(C(=O)CCC(N)=O)c2ncc(C)nc2C)c1. The number of benzene rings is 2. The molecule has 1 heterocycles. The topological polar surface area (TPSA) is 121 Å². The molecule has 8 nitrogen and oxygen atoms in total. The molecule has 2 aromatic carbocycles. The van der Waals surface area contributed by atoms with Crippen LogP contribution in [0.25, 0.3) is 0 Å². The van der Waals surface area contributed by atoms with Crippen molar-refractivity contribution in [1.82, 2.24) is 15.3 Å². The molecule has 3 rings (SSSR count). The largest absolute Gasteiger partial charge is 0.390 e. The first-order valence-electron chi connectivity index (χ1n) is 12.9. The van der Waals surface area contributed by atoms with Crippen LogP contribution in [-0.2, 0) is 29.0 Å². The third kappa shape index (κ3) is 8.62. The number of anilines is 1. The number of carbonyl (C=O) groups is 2. The second-order valence-electron chi connectivity index (χ2n) is 9.57. The van der Waals surface area contributed by atoms with E-state index in [1.807, 2.05) is 18.2 Å². The minimum Gasteiger partial charge on any atom is -0.390 e. The zero-order valence-electron chi connectivity index (χ0n) is 22.5. The Bertz CT molecular complexity index is 1280. The van der Waals surface area contributed by atoms with Crippen LogP contribution in [0, 0.1) is 25.5 Å². The van der Waals surface area contributed by atoms with Crippen molar-refractivity contribution >= 4 is 17.6 Å². The summed E-state index contributed by atoms with van der Waals surface area (Å²) < 4.78 is 28.1. The summed E-state index contributed by atoms with van der Waals surface area (Å²) >= 11 is 0. The number of aromatic nitrogens is 2. The molecule has 0 aliphatic heterocycles. The molecule has 39 heavy (non-hydrogen) atoms. The fourth-order valence-corrected chi connectivity index (χ4v) is 4.47. The average Bonchev–Trinajstić information content (AvgIpc) is 2.87. The number of aliphatic hydroxyl groups is 1. The van der Waals surface area contributed by atoms with E-state index >= 15 is 0 Å². The molecular weight excluding hydrogens is 504 g/mol. The van der Waals surface area contributed by atoms with E-state index in [-0.39, 0.29) is 37.2 Å². The molecule has 2 amide bonds. The van der Waals surface area contributed by atoms with Crippen molar-refractivity contribution in [3.63, 3.8) is 0 Å². The van der Waals surface area contributed by atoms with Crippen LogP contribution in [-0.4, -0.2) is 45.6 Å². The van der Waals surface area contributed by atoms with Crippen LogP contribution in [0.15, 0.2) is 48.7 Å². The Morgan fingerprint density at radius 3 is 2.38 bits per heavy atom. The highest BCUT2D eigenvalue weighted by atomic mass is 19.1. The number of carbonyl (C=O) groups excluding carboxylic acids is 2. The van der Waals surface area contributed by atoms with Crippen LogP contribution >= 0.6 is 0 Å². The molecule has 4 N–H and O–H groups in total. The van der Waals surface area contributed by atoms with E-state index in [4.69, 9.17) is 5.73 Å². The molecule has 0 aliphatic rings. The van der Waals surface area contributed by atoms with Crippen LogP contribution in [0.1, 0.15) is 47.8 Å². The van der Waals surface area contributed by atoms with Crippen molar-refractivity contribution < 1.29 is 23.5 Å². The van der Waals surface area contributed by atoms with E-state index < -0.39 is 35.6 Å². The van der Waals surface area contributed by atoms with Crippen molar-refractivity contribution in [3.05, 3.63) is 88.4 Å². The molecule has 0 spiro atoms. The van der Waals surface area contributed by atoms with Gasteiger partial charge in [-0.15, -0.1) is 0 Å². The first kappa shape index (κ1) is 29.8. The second kappa shape index (κ2) is 13.9. The van der Waals surface area contributed by atoms with Gasteiger partial charge < -0.3 is 16.2 Å². The van der Waals surface area contributed by atoms with Crippen molar-refractivity contribution in [2.75, 3.05) is 11.4 Å². The number of rotatable bonds is 13. The molecule has 0 unspecified atom stereocenters. The van der Waals surface area contributed by atoms with Crippen molar-refractivity contribution in [1.29, 1.82) is 0 Å². The van der Waals surface area contributed by atoms with Crippen molar-refractivity contribution in [2.24, 2.45) is 5.73 Å². The fraction of sp³-hybridized carbons (Fsp3) is 0.379. The summed E-state index contributed by atoms with van der Waals surface area (Å²) in [6, 6.07) is 10.1. The van der Waals surface area contributed by atoms with Crippen LogP contribution in [0.4, 0.5) is 14.6 Å². The van der Waals surface area contributed by atoms with E-state index in [1.165, 1.54) is 16.7 Å². The van der Waals surface area contributed by atoms with Gasteiger partial charge in [-0.25, -0.2) is 13.8 Å². The van der Waals surface area contributed by atoms with Crippen molar-refractivity contribution in [2.45, 2.75) is 65.1 Å². The summed E-state index contributed by atoms with van der Waals surface area (Å²) in [7, 11) is 0. The molecule has 0 bridgehead atoms. The Labute approximate surface area is 227 Å². The minimum atomic E-state index is -1.18. The van der Waals surface area contributed by atoms with E-state index in [0.29, 0.717) is 17.9 Å². The van der Waals surface area contributed by atoms with Crippen molar-refractivity contribution in [3.8, 4) is 0 Å². The van der Waals surface area contributed by atoms with Gasteiger partial charge in [-0.2, -0.15) is 0 Å². The third-order valence-corrected chi connectivity index (χ3v) is 6.35. The summed E-state index contributed by atoms with van der Waals surface area (Å²) in [6.07, 6.45) is 0.674. The smallest absolute Gasteiger partial charge is 0.229 e. The minimum absolute atomic E-state index is 0.0662. The van der Waals surface area contributed by atoms with Gasteiger partial charge in [0.1, 0.15) is 11.6 Å². The third-order valence-electron chi connectivity index (χ3n) is 6.35. The van der Waals surface area contributed by atoms with Gasteiger partial charge in [0.15, 0.2) is 5.82 Å². The Morgan fingerprint density at radius 2 is 1.74 bits per heavy atom. The Morgan fingerprint density at radius 1 is 1.05 bits per heavy atom. The number of nitrogens with two attached hydrogens (primary N) is 1. The number of halogens is 2. The number of hydrogen-bond acceptors (Lipinski definition) is 6. The van der Waals surface area contributed by atoms with Gasteiger partial charge in [0.2, 0.25) is 11.8 Å². The summed E-state index contributed by atoms with van der Waals surface area (Å²) in [4.78, 5) is 35.0. The lowest BCUT2D eigenvalue weighted by atomic mass is 9.98. The predicted molar refractivity (Wildman–Crippen MR) is 145 cm³/mol. The number of amides is 2. The quantitative estimate of drug-likeness (QED) is 0.307. The number of aryl methyl sites for hydroxylation is 3. The summed E-state index contributed by atoms with van der Waals surface area (Å²) in [5.41, 5.74) is 8.79. The van der Waals surface area contributed by atoms with Gasteiger partial charge in [-0.1, -0.05) is 31.2 Å². The molecule has 0 saturated heterocycles. The molecule has 0 saturated carbocycles. The highest BCUT2D eigenvalue weighted by Crippen LogP contribution is 2.25. The maximum absolute atomic E-state index is 14.1. The Kier molecular flexibility index (Phi) is 10.6. The first-order valence-corrected chi connectivity index (χ1v) is 12.9. The van der Waals surface area contributed by atoms with Crippen LogP contribution < -0.4 is 16.0 Å². The van der Waals surface area contributed by atoms with E-state index in [9.17, 15) is 23.5 Å². The molecular formula is C29H35F2N5O3. The lowest BCUT2D eigenvalue weighted by Gasteiger charge is -2.35. The molecule has 0 fully saturated rings. The standard InChI is InChI=1S/C29H35F2N5O3/c1-4-20-6-5-7-21(10-20)16-33-17-26(37)25(13-22-11-23(30)14-24(31)12-22)36(28(39)9-8-27(32)38)29-19(3)35-18(2)15-34-29/h5-7,10-12,14-15,25-26,33,37H,4,8-9,13,16-17H2,1-3H3,(H2,32,38)/t25-,26+/m0/s1. The number of hydrogen-bond donors (Lipinski definition) is 3. The highest BCUT2D eigenvalue weighted by molar-refractivity contribution is 5.95. The van der Waals surface area contributed by atoms with Gasteiger partial charge in [0.05, 0.1) is 29.7 Å². The lowest BCUT2D eigenvalue weighted by Crippen LogP contribution is -2.52. The first-order chi connectivity index (χ1) is 18.6. The number of aliphatic hydroxyl groups excluding tert-OH is 1. The second-order valence-corrected chi connectivity index (χ2v) is 9.57. The average molecular weight is 540 g/mol. The van der Waals surface area contributed by atoms with Gasteiger partial charge >= 0.3 is 0 Å². The zero-order valence-corrected chi connectivity index (χ0v) is 22.5. The summed E-state index contributed by atoms with van der Waals surface area (Å²) in [6.45, 7) is 6.02. The fourth-order valence-electron chi connectivity index (χ4n) is 4.47. The number of nitrogens with zero attached hydrogens (tertiary/aromatic N) is 3. The van der Waals surface area contributed by atoms with Gasteiger partial charge in [-0.05, 0) is 55.5 Å². The molecule has 3 aromatic rings. The number of nitrogens with one attached hydrogen (secondary N) is 1. The van der Waals surface area contributed by atoms with Gasteiger partial charge in [0.25, 0.3) is 0 Å². The van der Waals surface area contributed by atoms with E-state index in [0.717, 1.165) is 30.2 Å². The Balaban J connectivity index is 1.96. The summed E-state index contributed by atoms with van der Waals surface area (Å²) in [5.74, 6) is -2.54. The zero-order chi connectivity index (χ0) is 28.5. The molecule has 1 aromatic heterocycles. The molecule has 10 heteroatoms. The monoisotopic (exact) mass is 539 g/mol.